The summed E-state index contributed by atoms with van der Waals surface area (Å²) in [6.45, 7) is 4.05. The fourth-order valence-electron chi connectivity index (χ4n) is 8.35. The number of hydrogen-bond acceptors (Lipinski definition) is 9. The fraction of sp³-hybridized carbons (Fsp3) is 0.370. The third kappa shape index (κ3) is 13.7. The molecule has 348 valence electrons. The Morgan fingerprint density at radius 1 is 0.677 bits per heavy atom. The van der Waals surface area contributed by atoms with Crippen LogP contribution in [0.2, 0.25) is 0 Å². The summed E-state index contributed by atoms with van der Waals surface area (Å²) in [6, 6.07) is 17.1. The molecule has 3 aliphatic carbocycles. The molecule has 0 fully saturated rings. The summed E-state index contributed by atoms with van der Waals surface area (Å²) in [7, 11) is 10.7. The molecule has 0 radical (unpaired) electrons. The van der Waals surface area contributed by atoms with Crippen molar-refractivity contribution in [1.82, 2.24) is 19.6 Å². The van der Waals surface area contributed by atoms with Crippen molar-refractivity contribution in [3.8, 4) is 0 Å². The highest BCUT2D eigenvalue weighted by Crippen LogP contribution is 2.29. The average Bonchev–Trinajstić information content (AvgIpc) is 4.10. The summed E-state index contributed by atoms with van der Waals surface area (Å²) in [6.07, 6.45) is 12.5. The molecule has 15 nitrogen and oxygen atoms in total. The number of aromatic carboxylic acids is 1. The number of nitrogen functional groups attached to an aromatic ring is 1. The molecule has 0 unspecified atom stereocenters. The third-order valence-electron chi connectivity index (χ3n) is 11.1. The zero-order valence-corrected chi connectivity index (χ0v) is 39.9. The number of carbonyl (C=O) groups is 5. The number of rotatable bonds is 10. The largest absolute Gasteiger partial charge is 0.478 e. The highest BCUT2D eigenvalue weighted by molar-refractivity contribution is 8.26. The van der Waals surface area contributed by atoms with Crippen molar-refractivity contribution in [2.45, 2.75) is 97.3 Å². The van der Waals surface area contributed by atoms with E-state index in [0.29, 0.717) is 45.9 Å². The summed E-state index contributed by atoms with van der Waals surface area (Å²) < 4.78 is 12.0. The molecule has 3 aliphatic rings. The zero-order chi connectivity index (χ0) is 48.0. The van der Waals surface area contributed by atoms with Crippen molar-refractivity contribution in [3.63, 3.8) is 0 Å². The Bertz CT molecular complexity index is 2500. The average molecular weight is 970 g/mol. The number of amides is 3. The Labute approximate surface area is 394 Å². The minimum absolute atomic E-state index is 0.207. The second-order valence-corrected chi connectivity index (χ2v) is 18.3. The minimum Gasteiger partial charge on any atom is -0.478 e. The molecule has 19 heteroatoms. The van der Waals surface area contributed by atoms with Gasteiger partial charge in [0.2, 0.25) is 9.23 Å². The number of nitrogens with two attached hydrogens (primary N) is 3. The lowest BCUT2D eigenvalue weighted by atomic mass is 10.0. The van der Waals surface area contributed by atoms with E-state index in [1.54, 1.807) is 26.2 Å². The molecule has 0 saturated heterocycles. The molecule has 2 aromatic heterocycles. The van der Waals surface area contributed by atoms with Gasteiger partial charge in [-0.2, -0.15) is 10.2 Å². The number of carboxylic acid groups (broad SMARTS) is 1. The van der Waals surface area contributed by atoms with E-state index >= 15 is 0 Å². The second kappa shape index (κ2) is 24.7. The number of carbonyl (C=O) groups excluding carboxylic acids is 4. The van der Waals surface area contributed by atoms with Gasteiger partial charge >= 0.3 is 5.97 Å². The summed E-state index contributed by atoms with van der Waals surface area (Å²) in [4.78, 5) is 57.3. The number of anilines is 2. The van der Waals surface area contributed by atoms with Crippen LogP contribution in [0.5, 0.6) is 0 Å². The van der Waals surface area contributed by atoms with Gasteiger partial charge in [-0.05, 0) is 134 Å². The van der Waals surface area contributed by atoms with Crippen molar-refractivity contribution in [2.24, 2.45) is 25.6 Å². The Hall–Kier alpha value is -5.55. The molecule has 0 saturated carbocycles. The van der Waals surface area contributed by atoms with Crippen molar-refractivity contribution in [2.75, 3.05) is 11.1 Å². The number of fused-ring (bicyclic) bond motifs is 3. The van der Waals surface area contributed by atoms with E-state index in [0.717, 1.165) is 99.4 Å². The van der Waals surface area contributed by atoms with Crippen LogP contribution >= 0.6 is 33.0 Å². The highest BCUT2D eigenvalue weighted by Gasteiger charge is 2.25. The third-order valence-corrected chi connectivity index (χ3v) is 11.3. The van der Waals surface area contributed by atoms with E-state index in [4.69, 9.17) is 38.1 Å². The number of aromatic nitrogens is 4. The van der Waals surface area contributed by atoms with Crippen LogP contribution < -0.4 is 22.5 Å². The molecule has 0 bridgehead atoms. The normalized spacial score (nSPS) is 12.7. The van der Waals surface area contributed by atoms with Gasteiger partial charge in [0.15, 0.2) is 0 Å². The Morgan fingerprint density at radius 2 is 1.08 bits per heavy atom. The maximum absolute atomic E-state index is 12.8. The molecule has 5 aromatic rings. The smallest absolute Gasteiger partial charge is 0.335 e. The van der Waals surface area contributed by atoms with E-state index in [1.807, 2.05) is 44.2 Å². The lowest BCUT2D eigenvalue weighted by molar-refractivity contribution is 0.0694. The molecule has 3 aromatic carbocycles. The van der Waals surface area contributed by atoms with E-state index in [9.17, 15) is 24.0 Å². The molecule has 0 atom stereocenters. The molecular weight excluding hydrogens is 915 g/mol. The van der Waals surface area contributed by atoms with E-state index in [-0.39, 0.29) is 16.8 Å². The van der Waals surface area contributed by atoms with Crippen LogP contribution in [0.15, 0.2) is 54.6 Å². The molecule has 65 heavy (non-hydrogen) atoms. The van der Waals surface area contributed by atoms with E-state index in [2.05, 4.69) is 49.0 Å². The number of nitrogens with zero attached hydrogens (tertiary/aromatic N) is 4. The van der Waals surface area contributed by atoms with Crippen LogP contribution in [-0.2, 0) is 74.7 Å². The topological polar surface area (TPSA) is 248 Å². The van der Waals surface area contributed by atoms with Crippen LogP contribution in [0, 0.1) is 0 Å². The van der Waals surface area contributed by atoms with Crippen molar-refractivity contribution in [3.05, 3.63) is 127 Å². The first-order chi connectivity index (χ1) is 30.9. The van der Waals surface area contributed by atoms with Gasteiger partial charge in [0.25, 0.3) is 23.0 Å². The monoisotopic (exact) mass is 968 g/mol. The van der Waals surface area contributed by atoms with Crippen molar-refractivity contribution < 1.29 is 33.3 Å². The Kier molecular flexibility index (Phi) is 19.8. The van der Waals surface area contributed by atoms with E-state index in [1.165, 1.54) is 26.1 Å². The maximum atomic E-state index is 12.8. The number of aryl methyl sites for hydroxylation is 7. The highest BCUT2D eigenvalue weighted by atomic mass is 36.0. The van der Waals surface area contributed by atoms with Gasteiger partial charge in [0.1, 0.15) is 11.4 Å². The van der Waals surface area contributed by atoms with Gasteiger partial charge in [0.05, 0.1) is 28.3 Å². The molecule has 0 aliphatic heterocycles. The van der Waals surface area contributed by atoms with Gasteiger partial charge in [-0.1, -0.05) is 63.1 Å². The van der Waals surface area contributed by atoms with Crippen LogP contribution in [0.25, 0.3) is 0 Å². The van der Waals surface area contributed by atoms with Crippen molar-refractivity contribution in [1.29, 1.82) is 0 Å². The summed E-state index contributed by atoms with van der Waals surface area (Å²) in [5.74, 6) is -2.13. The van der Waals surface area contributed by atoms with Crippen LogP contribution in [0.1, 0.15) is 143 Å². The van der Waals surface area contributed by atoms with Crippen LogP contribution in [0.4, 0.5) is 11.4 Å². The van der Waals surface area contributed by atoms with E-state index < -0.39 is 27.0 Å². The first kappa shape index (κ1) is 52.1. The lowest BCUT2D eigenvalue weighted by Gasteiger charge is -2.10. The lowest BCUT2D eigenvalue weighted by Crippen LogP contribution is -2.21. The summed E-state index contributed by atoms with van der Waals surface area (Å²) in [5, 5.41) is 19.9. The van der Waals surface area contributed by atoms with Gasteiger partial charge in [-0.3, -0.25) is 28.5 Å². The molecule has 8 N–H and O–H groups in total. The number of benzene rings is 3. The first-order valence-electron chi connectivity index (χ1n) is 21.2. The molecule has 3 amide bonds. The fourth-order valence-corrected chi connectivity index (χ4v) is 8.53. The standard InChI is InChI=1S/C18H22N4O2.C10H9ClO.C10H10O2.C8H14N4O.Cl2OS/c1-3-6-14-15(16(17(19)23)22(2)21-14)20-18(24)13-10-5-8-11-7-4-9-12(11)13;2*11-10(12)9-6-2-4-7-3-1-5-8(7)9;1-3-4-5-6(9)7(8(10)13)12(2)11-5;1-4(2)3/h5,8,10H,3-4,6-7,9H2,1-2H3,(H2,19,23)(H,20,24);2,4,6H,1,3,5H2;2,4,6H,1,3,5H2,(H,11,12);3-4,9H2,1-2H3,(H2,10,13);. The molecular formula is C46H55Cl3N8O7S. The molecule has 8 rings (SSSR count). The Balaban J connectivity index is 0.000000194. The second-order valence-electron chi connectivity index (χ2n) is 15.5. The van der Waals surface area contributed by atoms with Crippen LogP contribution in [-0.4, -0.2) is 57.8 Å². The molecule has 0 spiro atoms. The van der Waals surface area contributed by atoms with Gasteiger partial charge < -0.3 is 27.6 Å². The van der Waals surface area contributed by atoms with Crippen molar-refractivity contribution >= 4 is 82.5 Å². The quantitative estimate of drug-likeness (QED) is 0.0852. The number of primary amides is 2. The van der Waals surface area contributed by atoms with Crippen LogP contribution in [0.3, 0.4) is 0 Å². The number of halogens is 3. The summed E-state index contributed by atoms with van der Waals surface area (Å²) in [5.41, 5.74) is 28.1. The summed E-state index contributed by atoms with van der Waals surface area (Å²) >= 11 is 5.45. The zero-order valence-electron chi connectivity index (χ0n) is 36.8. The first-order valence-corrected chi connectivity index (χ1v) is 24.4. The number of carboxylic acids is 1. The van der Waals surface area contributed by atoms with Gasteiger partial charge in [0, 0.05) is 46.6 Å². The molecule has 2 heterocycles. The van der Waals surface area contributed by atoms with Gasteiger partial charge in [-0.25, -0.2) is 9.00 Å². The van der Waals surface area contributed by atoms with Gasteiger partial charge in [-0.15, -0.1) is 0 Å². The SMILES string of the molecule is CCCc1nn(C)c(C(N)=O)c1N.CCCc1nn(C)c(C(N)=O)c1NC(=O)c1cccc2c1CCC2.O=C(Cl)c1cccc2c1CCC2.O=C(O)c1cccc2c1CCC2.O=S(Cl)Cl. The predicted octanol–water partition coefficient (Wildman–Crippen LogP) is 7.74. The Morgan fingerprint density at radius 3 is 1.51 bits per heavy atom. The number of hydrogen-bond donors (Lipinski definition) is 5. The maximum Gasteiger partial charge on any atom is 0.335 e. The number of nitrogens with one attached hydrogen (secondary N) is 1. The minimum atomic E-state index is -1.67. The predicted molar refractivity (Wildman–Crippen MR) is 256 cm³/mol.